The average Bonchev–Trinajstić information content (AvgIpc) is 3.06. The molecule has 0 N–H and O–H groups in total. The number of hydrogen-bond donors (Lipinski definition) is 0. The van der Waals surface area contributed by atoms with E-state index < -0.39 is 10.0 Å². The van der Waals surface area contributed by atoms with Crippen molar-refractivity contribution in [3.8, 4) is 11.5 Å². The van der Waals surface area contributed by atoms with Gasteiger partial charge in [-0.1, -0.05) is 0 Å². The number of benzene rings is 2. The van der Waals surface area contributed by atoms with Gasteiger partial charge >= 0.3 is 0 Å². The SMILES string of the molecule is CCN(c1ccc2c(c1)OCO2)S(=O)(=O)c1c(C)c(C)c(C)c(C)c1C. The summed E-state index contributed by atoms with van der Waals surface area (Å²) >= 11 is 0. The third-order valence-corrected chi connectivity index (χ3v) is 7.59. The maximum absolute atomic E-state index is 13.6. The van der Waals surface area contributed by atoms with Gasteiger partial charge < -0.3 is 9.47 Å². The number of sulfonamides is 1. The lowest BCUT2D eigenvalue weighted by Crippen LogP contribution is -2.32. The molecule has 0 saturated heterocycles. The minimum Gasteiger partial charge on any atom is -0.454 e. The Labute approximate surface area is 155 Å². The van der Waals surface area contributed by atoms with Crippen molar-refractivity contribution < 1.29 is 17.9 Å². The number of anilines is 1. The van der Waals surface area contributed by atoms with E-state index in [4.69, 9.17) is 9.47 Å². The lowest BCUT2D eigenvalue weighted by Gasteiger charge is -2.27. The highest BCUT2D eigenvalue weighted by molar-refractivity contribution is 7.93. The highest BCUT2D eigenvalue weighted by Crippen LogP contribution is 2.38. The van der Waals surface area contributed by atoms with Crippen molar-refractivity contribution in [3.05, 3.63) is 46.0 Å². The third-order valence-electron chi connectivity index (χ3n) is 5.41. The van der Waals surface area contributed by atoms with Crippen LogP contribution in [0.5, 0.6) is 11.5 Å². The molecule has 3 rings (SSSR count). The molecule has 2 aromatic rings. The quantitative estimate of drug-likeness (QED) is 0.805. The molecule has 0 aromatic heterocycles. The molecule has 0 aliphatic carbocycles. The molecule has 140 valence electrons. The third kappa shape index (κ3) is 2.72. The summed E-state index contributed by atoms with van der Waals surface area (Å²) in [7, 11) is -3.71. The Morgan fingerprint density at radius 3 is 2.00 bits per heavy atom. The lowest BCUT2D eigenvalue weighted by atomic mass is 9.95. The summed E-state index contributed by atoms with van der Waals surface area (Å²) in [5.41, 5.74) is 5.38. The molecule has 0 saturated carbocycles. The van der Waals surface area contributed by atoms with Gasteiger partial charge in [0.25, 0.3) is 10.0 Å². The first-order valence-corrected chi connectivity index (χ1v) is 10.1. The maximum atomic E-state index is 13.6. The van der Waals surface area contributed by atoms with Gasteiger partial charge in [0, 0.05) is 12.6 Å². The Hall–Kier alpha value is -2.21. The summed E-state index contributed by atoms with van der Waals surface area (Å²) in [5, 5.41) is 0. The molecule has 0 fully saturated rings. The fraction of sp³-hybridized carbons (Fsp3) is 0.400. The summed E-state index contributed by atoms with van der Waals surface area (Å²) in [6.07, 6.45) is 0. The van der Waals surface area contributed by atoms with Crippen LogP contribution in [0, 0.1) is 34.6 Å². The monoisotopic (exact) mass is 375 g/mol. The van der Waals surface area contributed by atoms with Crippen LogP contribution in [-0.2, 0) is 10.0 Å². The van der Waals surface area contributed by atoms with Crippen molar-refractivity contribution in [1.82, 2.24) is 0 Å². The molecule has 0 atom stereocenters. The Morgan fingerprint density at radius 1 is 0.885 bits per heavy atom. The molecular formula is C20H25NO4S. The zero-order valence-electron chi connectivity index (χ0n) is 16.1. The predicted molar refractivity (Wildman–Crippen MR) is 103 cm³/mol. The van der Waals surface area contributed by atoms with Gasteiger partial charge in [0.05, 0.1) is 10.6 Å². The van der Waals surface area contributed by atoms with E-state index in [9.17, 15) is 8.42 Å². The van der Waals surface area contributed by atoms with Crippen molar-refractivity contribution in [2.75, 3.05) is 17.6 Å². The van der Waals surface area contributed by atoms with E-state index in [0.29, 0.717) is 28.6 Å². The molecule has 1 aliphatic heterocycles. The van der Waals surface area contributed by atoms with Gasteiger partial charge in [0.15, 0.2) is 11.5 Å². The van der Waals surface area contributed by atoms with E-state index in [1.807, 2.05) is 41.5 Å². The standard InChI is InChI=1S/C20H25NO4S/c1-7-21(17-8-9-18-19(10-17)25-11-24-18)26(22,23)20-15(5)13(3)12(2)14(4)16(20)6/h8-10H,7,11H2,1-6H3. The van der Waals surface area contributed by atoms with Crippen LogP contribution in [0.4, 0.5) is 5.69 Å². The van der Waals surface area contributed by atoms with E-state index in [0.717, 1.165) is 27.8 Å². The van der Waals surface area contributed by atoms with Crippen LogP contribution in [0.3, 0.4) is 0 Å². The average molecular weight is 375 g/mol. The maximum Gasteiger partial charge on any atom is 0.264 e. The molecule has 1 heterocycles. The molecule has 2 aromatic carbocycles. The number of fused-ring (bicyclic) bond motifs is 1. The van der Waals surface area contributed by atoms with E-state index in [2.05, 4.69) is 0 Å². The first-order valence-electron chi connectivity index (χ1n) is 8.69. The largest absolute Gasteiger partial charge is 0.454 e. The van der Waals surface area contributed by atoms with E-state index in [1.165, 1.54) is 4.31 Å². The molecule has 5 nitrogen and oxygen atoms in total. The number of hydrogen-bond acceptors (Lipinski definition) is 4. The van der Waals surface area contributed by atoms with Crippen molar-refractivity contribution in [2.45, 2.75) is 46.4 Å². The molecular weight excluding hydrogens is 350 g/mol. The van der Waals surface area contributed by atoms with Crippen LogP contribution in [0.1, 0.15) is 34.7 Å². The van der Waals surface area contributed by atoms with Gasteiger partial charge in [0.1, 0.15) is 0 Å². The van der Waals surface area contributed by atoms with Gasteiger partial charge in [-0.3, -0.25) is 4.31 Å². The Kier molecular flexibility index (Phi) is 4.65. The summed E-state index contributed by atoms with van der Waals surface area (Å²) in [6.45, 7) is 12.1. The van der Waals surface area contributed by atoms with E-state index in [1.54, 1.807) is 18.2 Å². The normalized spacial score (nSPS) is 13.2. The Balaban J connectivity index is 2.18. The lowest BCUT2D eigenvalue weighted by molar-refractivity contribution is 0.174. The van der Waals surface area contributed by atoms with Crippen molar-refractivity contribution in [1.29, 1.82) is 0 Å². The molecule has 26 heavy (non-hydrogen) atoms. The van der Waals surface area contributed by atoms with E-state index >= 15 is 0 Å². The number of nitrogens with zero attached hydrogens (tertiary/aromatic N) is 1. The molecule has 0 unspecified atom stereocenters. The molecule has 6 heteroatoms. The zero-order valence-corrected chi connectivity index (χ0v) is 17.0. The minimum absolute atomic E-state index is 0.159. The molecule has 0 amide bonds. The number of rotatable bonds is 4. The molecule has 0 radical (unpaired) electrons. The van der Waals surface area contributed by atoms with Crippen molar-refractivity contribution in [3.63, 3.8) is 0 Å². The van der Waals surface area contributed by atoms with Gasteiger partial charge in [-0.2, -0.15) is 0 Å². The highest BCUT2D eigenvalue weighted by Gasteiger charge is 2.30. The summed E-state index contributed by atoms with van der Waals surface area (Å²) < 4.78 is 39.3. The Morgan fingerprint density at radius 2 is 1.42 bits per heavy atom. The smallest absolute Gasteiger partial charge is 0.264 e. The number of ether oxygens (including phenoxy) is 2. The fourth-order valence-electron chi connectivity index (χ4n) is 3.49. The van der Waals surface area contributed by atoms with Crippen LogP contribution in [0.15, 0.2) is 23.1 Å². The van der Waals surface area contributed by atoms with Crippen LogP contribution in [0.2, 0.25) is 0 Å². The summed E-state index contributed by atoms with van der Waals surface area (Å²) in [6, 6.07) is 5.23. The second kappa shape index (κ2) is 6.50. The first-order chi connectivity index (χ1) is 12.2. The van der Waals surface area contributed by atoms with Crippen LogP contribution < -0.4 is 13.8 Å². The highest BCUT2D eigenvalue weighted by atomic mass is 32.2. The van der Waals surface area contributed by atoms with Crippen LogP contribution in [-0.4, -0.2) is 21.8 Å². The minimum atomic E-state index is -3.71. The van der Waals surface area contributed by atoms with Gasteiger partial charge in [-0.05, 0) is 81.5 Å². The molecule has 1 aliphatic rings. The van der Waals surface area contributed by atoms with Gasteiger partial charge in [0.2, 0.25) is 6.79 Å². The topological polar surface area (TPSA) is 55.8 Å². The van der Waals surface area contributed by atoms with E-state index in [-0.39, 0.29) is 6.79 Å². The van der Waals surface area contributed by atoms with Crippen LogP contribution >= 0.6 is 0 Å². The predicted octanol–water partition coefficient (Wildman–Crippen LogP) is 4.17. The van der Waals surface area contributed by atoms with Gasteiger partial charge in [-0.25, -0.2) is 8.42 Å². The second-order valence-corrected chi connectivity index (χ2v) is 8.46. The second-order valence-electron chi connectivity index (χ2n) is 6.66. The molecule has 0 spiro atoms. The summed E-state index contributed by atoms with van der Waals surface area (Å²) in [5.74, 6) is 1.21. The Bertz CT molecular complexity index is 951. The van der Waals surface area contributed by atoms with Crippen molar-refractivity contribution >= 4 is 15.7 Å². The van der Waals surface area contributed by atoms with Gasteiger partial charge in [-0.15, -0.1) is 0 Å². The fourth-order valence-corrected chi connectivity index (χ4v) is 5.53. The van der Waals surface area contributed by atoms with Crippen molar-refractivity contribution in [2.24, 2.45) is 0 Å². The first kappa shape index (κ1) is 18.6. The van der Waals surface area contributed by atoms with Crippen LogP contribution in [0.25, 0.3) is 0 Å². The molecule has 0 bridgehead atoms. The zero-order chi connectivity index (χ0) is 19.2. The summed E-state index contributed by atoms with van der Waals surface area (Å²) in [4.78, 5) is 0.401.